The van der Waals surface area contributed by atoms with Gasteiger partial charge in [0.2, 0.25) is 23.8 Å². The van der Waals surface area contributed by atoms with Gasteiger partial charge in [0.05, 0.1) is 101 Å². The summed E-state index contributed by atoms with van der Waals surface area (Å²) < 4.78 is 46.4. The second kappa shape index (κ2) is 43.3. The van der Waals surface area contributed by atoms with Crippen LogP contribution in [-0.2, 0) is 0 Å². The largest absolute Gasteiger partial charge is 0.491 e. The molecule has 44 heteroatoms. The van der Waals surface area contributed by atoms with Crippen molar-refractivity contribution in [3.63, 3.8) is 0 Å². The average Bonchev–Trinajstić information content (AvgIpc) is 1.71. The number of aryl methyl sites for hydroxylation is 1. The van der Waals surface area contributed by atoms with Gasteiger partial charge in [-0.05, 0) is 153 Å². The Hall–Kier alpha value is -12.1. The number of hydrogen-bond donors (Lipinski definition) is 8. The van der Waals surface area contributed by atoms with E-state index in [2.05, 4.69) is 80.8 Å². The number of rotatable bonds is 28. The third kappa shape index (κ3) is 21.4. The number of likely N-dealkylation sites (tertiary alicyclic amines) is 4. The summed E-state index contributed by atoms with van der Waals surface area (Å²) in [5.74, 6) is 7.14. The van der Waals surface area contributed by atoms with E-state index in [4.69, 9.17) is 57.9 Å². The molecule has 20 rings (SSSR count). The van der Waals surface area contributed by atoms with Gasteiger partial charge in [-0.25, -0.2) is 25.0 Å². The van der Waals surface area contributed by atoms with Crippen molar-refractivity contribution < 1.29 is 77.5 Å². The molecule has 4 saturated heterocycles. The number of thiazole rings is 4. The molecular formula is C89H106N24O16S4. The summed E-state index contributed by atoms with van der Waals surface area (Å²) in [6.45, 7) is 17.8. The summed E-state index contributed by atoms with van der Waals surface area (Å²) in [7, 11) is 6.21. The van der Waals surface area contributed by atoms with Crippen LogP contribution in [0.5, 0.6) is 46.0 Å². The lowest BCUT2D eigenvalue weighted by atomic mass is 10.1. The van der Waals surface area contributed by atoms with E-state index in [0.29, 0.717) is 196 Å². The minimum Gasteiger partial charge on any atom is -0.491 e. The summed E-state index contributed by atoms with van der Waals surface area (Å²) in [6, 6.07) is 14.8. The van der Waals surface area contributed by atoms with Crippen molar-refractivity contribution in [1.29, 1.82) is 0 Å². The van der Waals surface area contributed by atoms with Gasteiger partial charge in [0.15, 0.2) is 46.0 Å². The van der Waals surface area contributed by atoms with Crippen molar-refractivity contribution in [3.05, 3.63) is 137 Å². The van der Waals surface area contributed by atoms with E-state index in [0.717, 1.165) is 98.0 Å². The normalized spacial score (nSPS) is 18.3. The number of methoxy groups -OCH3 is 4. The van der Waals surface area contributed by atoms with Crippen LogP contribution in [0.3, 0.4) is 0 Å². The highest BCUT2D eigenvalue weighted by Gasteiger charge is 2.40. The van der Waals surface area contributed by atoms with Gasteiger partial charge in [-0.15, -0.1) is 45.3 Å². The van der Waals surface area contributed by atoms with Crippen LogP contribution in [-0.4, -0.2) is 361 Å². The third-order valence-electron chi connectivity index (χ3n) is 23.6. The maximum absolute atomic E-state index is 12.9. The van der Waals surface area contributed by atoms with Gasteiger partial charge >= 0.3 is 0 Å². The first-order valence-corrected chi connectivity index (χ1v) is 47.9. The van der Waals surface area contributed by atoms with Crippen LogP contribution in [0.1, 0.15) is 118 Å². The second-order valence-corrected chi connectivity index (χ2v) is 36.2. The summed E-state index contributed by atoms with van der Waals surface area (Å²) >= 11 is 5.08. The number of piperidine rings is 1. The van der Waals surface area contributed by atoms with Gasteiger partial charge in [0.25, 0.3) is 23.6 Å². The first-order valence-electron chi connectivity index (χ1n) is 44.4. The van der Waals surface area contributed by atoms with Crippen molar-refractivity contribution in [2.75, 3.05) is 186 Å². The molecule has 0 bridgehead atoms. The number of aliphatic hydroxyl groups excluding tert-OH is 4. The van der Waals surface area contributed by atoms with E-state index in [1.165, 1.54) is 115 Å². The second-order valence-electron chi connectivity index (χ2n) is 32.7. The number of fused-ring (bicyclic) bond motifs is 12. The molecule has 0 saturated carbocycles. The van der Waals surface area contributed by atoms with E-state index in [-0.39, 0.29) is 50.1 Å². The van der Waals surface area contributed by atoms with Gasteiger partial charge in [0.1, 0.15) is 116 Å². The summed E-state index contributed by atoms with van der Waals surface area (Å²) in [4.78, 5) is 123. The minimum absolute atomic E-state index is 0.149. The monoisotopic (exact) mass is 1890 g/mol. The topological polar surface area (TPSA) is 448 Å². The van der Waals surface area contributed by atoms with Crippen molar-refractivity contribution in [2.45, 2.75) is 82.7 Å². The standard InChI is InChI=1S/2C23H28N6O4S.C22H26N6O4S.C21H24N6O4S/c1-14-20(34-13-25-14)22(31)27-23-26-18-16(21-24-7-10-29(21)23)5-6-17(19(18)32-2)33-12-15(30)11-28-8-3-4-9-28;1-32-20-17(33-13-15(30)12-28-8-3-2-4-9-28)6-5-16-19(20)26-23(29-10-7-25-21(16)29)27-22(31)18-11-24-14-34-18;1-31-19-16(32-12-14(29)11-27-7-2-3-8-27)5-4-15-18(19)25-22(28-9-6-24-20(15)28)26-21(30)17-10-23-13-33-17;1-30-18-15(31-11-13(28)10-26-6-2-7-26)4-3-14-17(18)24-21(27-8-5-23-19(14)27)25-20(29)16-9-22-12-32-16/h5-6,13,15,30H,3-4,7-12H2,1-2H3,(H,26,27,31);5-6,11,14-15,30H,2-4,7-10,12-13H2,1H3,(H,26,27,31);4-5,10,13-14,29H,2-3,6-9,11-12H2,1H3,(H,25,26,30);3-4,9,12-13,28H,2,5-8,10-11H2,1H3,(H,24,25,29)/t2*15-;14-;13-/m1111/s1. The lowest BCUT2D eigenvalue weighted by Gasteiger charge is -2.32. The molecule has 4 amide bonds. The Morgan fingerprint density at radius 2 is 0.624 bits per heavy atom. The fourth-order valence-electron chi connectivity index (χ4n) is 17.1. The van der Waals surface area contributed by atoms with Gasteiger partial charge in [-0.2, -0.15) is 0 Å². The molecular weight excluding hydrogens is 1790 g/mol. The minimum atomic E-state index is -0.605. The molecule has 12 aliphatic rings. The van der Waals surface area contributed by atoms with Gasteiger partial charge in [-0.3, -0.25) is 95.0 Å². The molecule has 702 valence electrons. The lowest BCUT2D eigenvalue weighted by Crippen LogP contribution is -2.47. The van der Waals surface area contributed by atoms with E-state index < -0.39 is 24.4 Å². The first kappa shape index (κ1) is 92.8. The number of amides is 4. The van der Waals surface area contributed by atoms with E-state index in [1.54, 1.807) is 57.4 Å². The Kier molecular flexibility index (Phi) is 30.2. The van der Waals surface area contributed by atoms with Crippen molar-refractivity contribution >= 4 is 139 Å². The number of β-amino-alcohol motifs (C(OH)–C–C–N with tert-alkyl or cyclic N) is 4. The van der Waals surface area contributed by atoms with Crippen LogP contribution in [0.15, 0.2) is 129 Å². The maximum Gasteiger partial charge on any atom is 0.269 e. The summed E-state index contributed by atoms with van der Waals surface area (Å²) in [6.07, 6.45) is 11.6. The van der Waals surface area contributed by atoms with Crippen molar-refractivity contribution in [3.8, 4) is 46.0 Å². The molecule has 4 atom stereocenters. The van der Waals surface area contributed by atoms with Crippen LogP contribution in [0.25, 0.3) is 0 Å². The number of nitrogens with zero attached hydrogens (tertiary/aromatic N) is 20. The van der Waals surface area contributed by atoms with Crippen LogP contribution in [0.4, 0.5) is 22.7 Å². The smallest absolute Gasteiger partial charge is 0.269 e. The Balaban J connectivity index is 0.000000124. The van der Waals surface area contributed by atoms with Crippen LogP contribution in [0, 0.1) is 6.92 Å². The molecule has 4 fully saturated rings. The zero-order valence-corrected chi connectivity index (χ0v) is 77.6. The number of carbonyl (C=O) groups is 4. The number of aromatic nitrogens is 4. The van der Waals surface area contributed by atoms with E-state index in [9.17, 15) is 39.6 Å². The lowest BCUT2D eigenvalue weighted by molar-refractivity contribution is 0.0460. The molecule has 0 aliphatic carbocycles. The van der Waals surface area contributed by atoms with E-state index in [1.807, 2.05) is 68.1 Å². The van der Waals surface area contributed by atoms with Crippen LogP contribution < -0.4 is 59.2 Å². The quantitative estimate of drug-likeness (QED) is 0.0269. The predicted molar refractivity (Wildman–Crippen MR) is 505 cm³/mol. The Morgan fingerprint density at radius 1 is 0.353 bits per heavy atom. The molecule has 8 N–H and O–H groups in total. The highest BCUT2D eigenvalue weighted by molar-refractivity contribution is 7.12. The number of aliphatic hydroxyl groups is 4. The number of benzene rings is 4. The number of ether oxygens (including phenoxy) is 8. The summed E-state index contributed by atoms with van der Waals surface area (Å²) in [5.41, 5.74) is 12.6. The van der Waals surface area contributed by atoms with Crippen LogP contribution in [0.2, 0.25) is 0 Å². The SMILES string of the molecule is COc1c(OC[C@H](O)CN2CCC2)ccc2c1N=C(NC(=O)c1cncs1)N1CCN=C21.COc1c(OC[C@H](O)CN2CCCC2)ccc2c1N=C(NC(=O)c1cncs1)N1CCN=C21.COc1c(OC[C@H](O)CN2CCCC2)ccc2c1N=C(NC(=O)c1scnc1C)N1CCN=C21.COc1c(OC[C@H](O)CN2CCCCC2)ccc2c1N=C(NC(=O)c1cncs1)N1CCN=C21. The maximum atomic E-state index is 12.9. The van der Waals surface area contributed by atoms with Crippen molar-refractivity contribution in [2.24, 2.45) is 39.9 Å². The molecule has 0 radical (unpaired) electrons. The first-order chi connectivity index (χ1) is 65.0. The Morgan fingerprint density at radius 3 is 0.865 bits per heavy atom. The average molecular weight is 1900 g/mol. The van der Waals surface area contributed by atoms with E-state index >= 15 is 0 Å². The molecule has 4 aromatic heterocycles. The number of aliphatic imine (C=N–C) groups is 8. The molecule has 40 nitrogen and oxygen atoms in total. The van der Waals surface area contributed by atoms with Crippen LogP contribution >= 0.6 is 45.3 Å². The number of carbonyl (C=O) groups excluding carboxylic acids is 4. The summed E-state index contributed by atoms with van der Waals surface area (Å²) in [5, 5.41) is 53.2. The predicted octanol–water partition coefficient (Wildman–Crippen LogP) is 6.23. The van der Waals surface area contributed by atoms with Gasteiger partial charge in [0, 0.05) is 74.6 Å². The third-order valence-corrected chi connectivity index (χ3v) is 26.9. The molecule has 0 spiro atoms. The highest BCUT2D eigenvalue weighted by atomic mass is 32.1. The van der Waals surface area contributed by atoms with Gasteiger partial charge in [-0.1, -0.05) is 6.42 Å². The Bertz CT molecular complexity index is 5770. The Labute approximate surface area is 783 Å². The highest BCUT2D eigenvalue weighted by Crippen LogP contribution is 2.48. The number of guanidine groups is 4. The molecule has 0 unspecified atom stereocenters. The molecule has 16 heterocycles. The molecule has 4 aromatic carbocycles. The van der Waals surface area contributed by atoms with Gasteiger partial charge < -0.3 is 77.9 Å². The number of amidine groups is 4. The number of nitrogens with one attached hydrogen (secondary N) is 4. The number of hydrogen-bond acceptors (Lipinski definition) is 40. The zero-order chi connectivity index (χ0) is 92.0. The molecule has 133 heavy (non-hydrogen) atoms. The molecule has 8 aromatic rings. The zero-order valence-electron chi connectivity index (χ0n) is 74.4. The van der Waals surface area contributed by atoms with Crippen molar-refractivity contribution in [1.82, 2.24) is 80.4 Å². The fourth-order valence-corrected chi connectivity index (χ4v) is 19.4. The fraction of sp³-hybridized carbons (Fsp3) is 0.461. The molecule has 12 aliphatic heterocycles.